The van der Waals surface area contributed by atoms with E-state index in [0.29, 0.717) is 0 Å². The van der Waals surface area contributed by atoms with Crippen molar-refractivity contribution in [1.29, 1.82) is 0 Å². The van der Waals surface area contributed by atoms with Gasteiger partial charge in [0.25, 0.3) is 10.1 Å². The molecule has 0 saturated carbocycles. The van der Waals surface area contributed by atoms with Gasteiger partial charge in [-0.3, -0.25) is 4.18 Å². The van der Waals surface area contributed by atoms with Crippen molar-refractivity contribution in [2.75, 3.05) is 13.2 Å². The molecule has 4 nitrogen and oxygen atoms in total. The van der Waals surface area contributed by atoms with Crippen LogP contribution in [0.3, 0.4) is 0 Å². The second-order valence-corrected chi connectivity index (χ2v) is 10.7. The van der Waals surface area contributed by atoms with E-state index in [1.54, 1.807) is 24.3 Å². The van der Waals surface area contributed by atoms with E-state index in [2.05, 4.69) is 53.7 Å². The van der Waals surface area contributed by atoms with Crippen molar-refractivity contribution in [2.45, 2.75) is 77.0 Å². The van der Waals surface area contributed by atoms with Gasteiger partial charge in [-0.2, -0.15) is 8.42 Å². The van der Waals surface area contributed by atoms with Crippen LogP contribution in [0.4, 0.5) is 0 Å². The molecule has 0 amide bonds. The summed E-state index contributed by atoms with van der Waals surface area (Å²) in [4.78, 5) is 0.159. The summed E-state index contributed by atoms with van der Waals surface area (Å²) < 4.78 is 35.8. The molecule has 2 rings (SSSR count). The van der Waals surface area contributed by atoms with E-state index in [9.17, 15) is 8.42 Å². The maximum absolute atomic E-state index is 12.3. The minimum absolute atomic E-state index is 0.0373. The largest absolute Gasteiger partial charge is 0.491 e. The molecule has 0 N–H and O–H groups in total. The van der Waals surface area contributed by atoms with Crippen LogP contribution in [-0.4, -0.2) is 21.6 Å². The molecular formula is C25H36O4S. The van der Waals surface area contributed by atoms with E-state index in [1.165, 1.54) is 5.56 Å². The van der Waals surface area contributed by atoms with Crippen molar-refractivity contribution in [3.05, 3.63) is 59.2 Å². The molecule has 0 bridgehead atoms. The Morgan fingerprint density at radius 2 is 1.43 bits per heavy atom. The third-order valence-electron chi connectivity index (χ3n) is 6.15. The molecule has 0 fully saturated rings. The summed E-state index contributed by atoms with van der Waals surface area (Å²) in [5.74, 6) is 0.786. The van der Waals surface area contributed by atoms with Crippen molar-refractivity contribution in [3.8, 4) is 5.75 Å². The van der Waals surface area contributed by atoms with Crippen LogP contribution in [0.15, 0.2) is 47.4 Å². The topological polar surface area (TPSA) is 52.6 Å². The number of benzene rings is 2. The first-order valence-corrected chi connectivity index (χ1v) is 12.1. The average molecular weight is 433 g/mol. The van der Waals surface area contributed by atoms with Gasteiger partial charge in [-0.15, -0.1) is 0 Å². The van der Waals surface area contributed by atoms with Gasteiger partial charge in [0.2, 0.25) is 0 Å². The molecule has 0 spiro atoms. The Labute approximate surface area is 182 Å². The molecule has 0 aliphatic rings. The highest BCUT2D eigenvalue weighted by molar-refractivity contribution is 7.86. The maximum atomic E-state index is 12.3. The SMILES string of the molecule is CCC(C)(C)c1ccc(OCCOS(=O)(=O)c2ccc(C)cc2)c(C(C)(C)CC)c1. The Balaban J connectivity index is 2.13. The quantitative estimate of drug-likeness (QED) is 0.333. The number of hydrogen-bond donors (Lipinski definition) is 0. The molecule has 0 unspecified atom stereocenters. The van der Waals surface area contributed by atoms with E-state index in [4.69, 9.17) is 8.92 Å². The van der Waals surface area contributed by atoms with Crippen molar-refractivity contribution < 1.29 is 17.3 Å². The van der Waals surface area contributed by atoms with Gasteiger partial charge in [0.15, 0.2) is 0 Å². The summed E-state index contributed by atoms with van der Waals surface area (Å²) in [7, 11) is -3.78. The third-order valence-corrected chi connectivity index (χ3v) is 7.47. The van der Waals surface area contributed by atoms with Crippen LogP contribution >= 0.6 is 0 Å². The first-order valence-electron chi connectivity index (χ1n) is 10.7. The van der Waals surface area contributed by atoms with Crippen LogP contribution in [0.25, 0.3) is 0 Å². The molecule has 2 aromatic carbocycles. The van der Waals surface area contributed by atoms with Crippen LogP contribution in [0.1, 0.15) is 71.1 Å². The summed E-state index contributed by atoms with van der Waals surface area (Å²) in [6.07, 6.45) is 2.02. The Bertz CT molecular complexity index is 942. The first-order chi connectivity index (χ1) is 13.9. The Kier molecular flexibility index (Phi) is 7.75. The predicted octanol–water partition coefficient (Wildman–Crippen LogP) is 6.15. The minimum atomic E-state index is -3.78. The van der Waals surface area contributed by atoms with Gasteiger partial charge < -0.3 is 4.74 Å². The van der Waals surface area contributed by atoms with Crippen LogP contribution in [0.5, 0.6) is 5.75 Å². The van der Waals surface area contributed by atoms with Crippen LogP contribution in [0, 0.1) is 6.92 Å². The smallest absolute Gasteiger partial charge is 0.297 e. The van der Waals surface area contributed by atoms with Crippen molar-refractivity contribution in [1.82, 2.24) is 0 Å². The predicted molar refractivity (Wildman–Crippen MR) is 123 cm³/mol. The normalized spacial score (nSPS) is 12.8. The lowest BCUT2D eigenvalue weighted by molar-refractivity contribution is 0.217. The summed E-state index contributed by atoms with van der Waals surface area (Å²) in [5.41, 5.74) is 3.46. The fourth-order valence-electron chi connectivity index (χ4n) is 3.07. The third kappa shape index (κ3) is 5.86. The van der Waals surface area contributed by atoms with Gasteiger partial charge in [0, 0.05) is 5.56 Å². The van der Waals surface area contributed by atoms with Gasteiger partial charge in [0.05, 0.1) is 4.90 Å². The van der Waals surface area contributed by atoms with Gasteiger partial charge >= 0.3 is 0 Å². The molecule has 0 radical (unpaired) electrons. The van der Waals surface area contributed by atoms with Gasteiger partial charge in [0.1, 0.15) is 19.0 Å². The molecular weight excluding hydrogens is 396 g/mol. The van der Waals surface area contributed by atoms with Crippen molar-refractivity contribution >= 4 is 10.1 Å². The van der Waals surface area contributed by atoms with Crippen molar-refractivity contribution in [2.24, 2.45) is 0 Å². The highest BCUT2D eigenvalue weighted by atomic mass is 32.2. The maximum Gasteiger partial charge on any atom is 0.297 e. The van der Waals surface area contributed by atoms with Gasteiger partial charge in [-0.05, 0) is 54.4 Å². The van der Waals surface area contributed by atoms with Gasteiger partial charge in [-0.1, -0.05) is 71.4 Å². The van der Waals surface area contributed by atoms with Crippen LogP contribution in [0.2, 0.25) is 0 Å². The Hall–Kier alpha value is -1.85. The molecule has 5 heteroatoms. The second kappa shape index (κ2) is 9.52. The van der Waals surface area contributed by atoms with Crippen LogP contribution in [-0.2, 0) is 25.1 Å². The molecule has 2 aromatic rings. The molecule has 0 heterocycles. The fourth-order valence-corrected chi connectivity index (χ4v) is 3.96. The Morgan fingerprint density at radius 3 is 2.00 bits per heavy atom. The molecule has 166 valence electrons. The molecule has 0 aromatic heterocycles. The van der Waals surface area contributed by atoms with E-state index in [0.717, 1.165) is 29.7 Å². The highest BCUT2D eigenvalue weighted by Gasteiger charge is 2.26. The van der Waals surface area contributed by atoms with Gasteiger partial charge in [-0.25, -0.2) is 0 Å². The van der Waals surface area contributed by atoms with E-state index in [1.807, 2.05) is 13.0 Å². The summed E-state index contributed by atoms with van der Waals surface area (Å²) in [5, 5.41) is 0. The van der Waals surface area contributed by atoms with E-state index >= 15 is 0 Å². The highest BCUT2D eigenvalue weighted by Crippen LogP contribution is 2.38. The minimum Gasteiger partial charge on any atom is -0.491 e. The van der Waals surface area contributed by atoms with E-state index in [-0.39, 0.29) is 28.9 Å². The zero-order chi connectivity index (χ0) is 22.6. The van der Waals surface area contributed by atoms with Crippen LogP contribution < -0.4 is 4.74 Å². The first kappa shape index (κ1) is 24.4. The molecule has 0 aliphatic heterocycles. The molecule has 0 aliphatic carbocycles. The number of rotatable bonds is 10. The number of ether oxygens (including phenoxy) is 1. The average Bonchev–Trinajstić information content (AvgIpc) is 2.71. The number of hydrogen-bond acceptors (Lipinski definition) is 4. The number of aryl methyl sites for hydroxylation is 1. The monoisotopic (exact) mass is 432 g/mol. The summed E-state index contributed by atoms with van der Waals surface area (Å²) in [6, 6.07) is 13.0. The van der Waals surface area contributed by atoms with Crippen molar-refractivity contribution in [3.63, 3.8) is 0 Å². The fraction of sp³-hybridized carbons (Fsp3) is 0.520. The zero-order valence-electron chi connectivity index (χ0n) is 19.4. The molecule has 0 atom stereocenters. The summed E-state index contributed by atoms with van der Waals surface area (Å²) >= 11 is 0. The summed E-state index contributed by atoms with van der Waals surface area (Å²) in [6.45, 7) is 15.3. The standard InChI is InChI=1S/C25H36O4S/c1-8-24(4,5)20-12-15-23(22(18-20)25(6,7)9-2)28-16-17-29-30(26,27)21-13-10-19(3)11-14-21/h10-15,18H,8-9,16-17H2,1-7H3. The van der Waals surface area contributed by atoms with E-state index < -0.39 is 10.1 Å². The molecule has 0 saturated heterocycles. The second-order valence-electron chi connectivity index (χ2n) is 9.12. The lowest BCUT2D eigenvalue weighted by Gasteiger charge is -2.30. The Morgan fingerprint density at radius 1 is 0.833 bits per heavy atom. The lowest BCUT2D eigenvalue weighted by atomic mass is 9.76. The molecule has 30 heavy (non-hydrogen) atoms. The lowest BCUT2D eigenvalue weighted by Crippen LogP contribution is -2.22. The zero-order valence-corrected chi connectivity index (χ0v) is 20.2.